The highest BCUT2D eigenvalue weighted by atomic mass is 16.1. The molecule has 2 nitrogen and oxygen atoms in total. The molecular formula is C16H25NO. The van der Waals surface area contributed by atoms with E-state index in [9.17, 15) is 4.79 Å². The number of hydrogen-bond acceptors (Lipinski definition) is 1. The van der Waals surface area contributed by atoms with Crippen LogP contribution in [0, 0.1) is 5.92 Å². The van der Waals surface area contributed by atoms with Crippen molar-refractivity contribution >= 4 is 5.91 Å². The van der Waals surface area contributed by atoms with E-state index in [1.165, 1.54) is 11.1 Å². The normalized spacial score (nSPS) is 12.8. The highest BCUT2D eigenvalue weighted by Crippen LogP contribution is 2.29. The largest absolute Gasteiger partial charge is 0.359 e. The van der Waals surface area contributed by atoms with Crippen LogP contribution < -0.4 is 5.32 Å². The molecule has 1 atom stereocenters. The van der Waals surface area contributed by atoms with Gasteiger partial charge in [-0.3, -0.25) is 4.79 Å². The maximum absolute atomic E-state index is 11.6. The lowest BCUT2D eigenvalue weighted by Gasteiger charge is -2.21. The van der Waals surface area contributed by atoms with Gasteiger partial charge in [-0.15, -0.1) is 0 Å². The van der Waals surface area contributed by atoms with Gasteiger partial charge in [0, 0.05) is 13.5 Å². The molecule has 1 unspecified atom stereocenters. The molecule has 0 aliphatic rings. The summed E-state index contributed by atoms with van der Waals surface area (Å²) in [6.07, 6.45) is 0.565. The molecule has 0 bridgehead atoms. The lowest BCUT2D eigenvalue weighted by molar-refractivity contribution is -0.121. The van der Waals surface area contributed by atoms with E-state index in [0.717, 1.165) is 0 Å². The summed E-state index contributed by atoms with van der Waals surface area (Å²) >= 11 is 0. The van der Waals surface area contributed by atoms with Gasteiger partial charge in [-0.1, -0.05) is 52.0 Å². The van der Waals surface area contributed by atoms with E-state index in [4.69, 9.17) is 0 Å². The molecule has 1 rings (SSSR count). The fourth-order valence-electron chi connectivity index (χ4n) is 2.17. The van der Waals surface area contributed by atoms with E-state index in [2.05, 4.69) is 57.3 Å². The number of rotatable bonds is 5. The number of carbonyl (C=O) groups is 1. The molecule has 1 amide bonds. The fraction of sp³-hybridized carbons (Fsp3) is 0.562. The molecule has 18 heavy (non-hydrogen) atoms. The molecule has 1 aromatic rings. The molecule has 2 heteroatoms. The molecule has 0 spiro atoms. The molecule has 0 aliphatic heterocycles. The Morgan fingerprint density at radius 2 is 1.56 bits per heavy atom. The molecule has 0 radical (unpaired) electrons. The average molecular weight is 247 g/mol. The number of benzene rings is 1. The van der Waals surface area contributed by atoms with Crippen molar-refractivity contribution in [2.24, 2.45) is 5.92 Å². The van der Waals surface area contributed by atoms with Crippen molar-refractivity contribution < 1.29 is 4.79 Å². The Labute approximate surface area is 111 Å². The summed E-state index contributed by atoms with van der Waals surface area (Å²) < 4.78 is 0. The van der Waals surface area contributed by atoms with Crippen molar-refractivity contribution in [2.45, 2.75) is 46.0 Å². The van der Waals surface area contributed by atoms with Gasteiger partial charge in [-0.05, 0) is 28.9 Å². The standard InChI is InChI=1S/C16H25NO/c1-11(2)13-6-8-14(9-7-13)15(12(3)4)10-16(18)17-5/h6-9,11-12,15H,10H2,1-5H3,(H,17,18). The van der Waals surface area contributed by atoms with E-state index in [1.54, 1.807) is 7.05 Å². The topological polar surface area (TPSA) is 29.1 Å². The van der Waals surface area contributed by atoms with E-state index >= 15 is 0 Å². The molecule has 1 N–H and O–H groups in total. The molecule has 1 aromatic carbocycles. The summed E-state index contributed by atoms with van der Waals surface area (Å²) in [7, 11) is 1.70. The minimum atomic E-state index is 0.113. The first-order valence-corrected chi connectivity index (χ1v) is 6.76. The van der Waals surface area contributed by atoms with Crippen LogP contribution in [0.5, 0.6) is 0 Å². The van der Waals surface area contributed by atoms with Crippen LogP contribution >= 0.6 is 0 Å². The van der Waals surface area contributed by atoms with E-state index < -0.39 is 0 Å². The highest BCUT2D eigenvalue weighted by molar-refractivity contribution is 5.76. The Morgan fingerprint density at radius 3 is 1.94 bits per heavy atom. The second kappa shape index (κ2) is 6.58. The lowest BCUT2D eigenvalue weighted by atomic mass is 9.84. The van der Waals surface area contributed by atoms with Crippen molar-refractivity contribution in [3.8, 4) is 0 Å². The monoisotopic (exact) mass is 247 g/mol. The van der Waals surface area contributed by atoms with Gasteiger partial charge in [0.25, 0.3) is 0 Å². The van der Waals surface area contributed by atoms with Crippen LogP contribution in [0.2, 0.25) is 0 Å². The molecule has 0 aliphatic carbocycles. The van der Waals surface area contributed by atoms with Crippen LogP contribution in [0.25, 0.3) is 0 Å². The number of hydrogen-bond donors (Lipinski definition) is 1. The zero-order chi connectivity index (χ0) is 13.7. The Hall–Kier alpha value is -1.31. The van der Waals surface area contributed by atoms with Crippen LogP contribution in [0.15, 0.2) is 24.3 Å². The van der Waals surface area contributed by atoms with Gasteiger partial charge in [-0.25, -0.2) is 0 Å². The smallest absolute Gasteiger partial charge is 0.220 e. The third-order valence-corrected chi connectivity index (χ3v) is 3.52. The predicted octanol–water partition coefficient (Wildman–Crippen LogP) is 3.69. The third-order valence-electron chi connectivity index (χ3n) is 3.52. The van der Waals surface area contributed by atoms with Crippen LogP contribution in [-0.4, -0.2) is 13.0 Å². The van der Waals surface area contributed by atoms with E-state index in [1.807, 2.05) is 0 Å². The van der Waals surface area contributed by atoms with Crippen molar-refractivity contribution in [1.82, 2.24) is 5.32 Å². The van der Waals surface area contributed by atoms with Crippen LogP contribution in [-0.2, 0) is 4.79 Å². The Balaban J connectivity index is 2.89. The molecule has 0 heterocycles. The first kappa shape index (κ1) is 14.7. The first-order chi connectivity index (χ1) is 8.45. The average Bonchev–Trinajstić information content (AvgIpc) is 2.35. The van der Waals surface area contributed by atoms with Gasteiger partial charge in [0.1, 0.15) is 0 Å². The van der Waals surface area contributed by atoms with Gasteiger partial charge in [-0.2, -0.15) is 0 Å². The number of amides is 1. The first-order valence-electron chi connectivity index (χ1n) is 6.76. The molecule has 0 saturated carbocycles. The van der Waals surface area contributed by atoms with Crippen molar-refractivity contribution in [3.05, 3.63) is 35.4 Å². The molecule has 0 aromatic heterocycles. The summed E-state index contributed by atoms with van der Waals surface area (Å²) in [4.78, 5) is 11.6. The highest BCUT2D eigenvalue weighted by Gasteiger charge is 2.19. The summed E-state index contributed by atoms with van der Waals surface area (Å²) in [6.45, 7) is 8.73. The van der Waals surface area contributed by atoms with Gasteiger partial charge in [0.05, 0.1) is 0 Å². The zero-order valence-electron chi connectivity index (χ0n) is 12.2. The summed E-state index contributed by atoms with van der Waals surface area (Å²) in [5.41, 5.74) is 2.61. The lowest BCUT2D eigenvalue weighted by Crippen LogP contribution is -2.22. The summed E-state index contributed by atoms with van der Waals surface area (Å²) in [6, 6.07) is 8.70. The molecule has 100 valence electrons. The quantitative estimate of drug-likeness (QED) is 0.844. The van der Waals surface area contributed by atoms with Gasteiger partial charge >= 0.3 is 0 Å². The third kappa shape index (κ3) is 3.86. The second-order valence-electron chi connectivity index (χ2n) is 5.55. The van der Waals surface area contributed by atoms with Gasteiger partial charge in [0.2, 0.25) is 5.91 Å². The minimum absolute atomic E-state index is 0.113. The Kier molecular flexibility index (Phi) is 5.39. The maximum Gasteiger partial charge on any atom is 0.220 e. The van der Waals surface area contributed by atoms with E-state index in [-0.39, 0.29) is 5.91 Å². The molecule has 0 saturated heterocycles. The van der Waals surface area contributed by atoms with Gasteiger partial charge in [0.15, 0.2) is 0 Å². The Morgan fingerprint density at radius 1 is 1.06 bits per heavy atom. The second-order valence-corrected chi connectivity index (χ2v) is 5.55. The minimum Gasteiger partial charge on any atom is -0.359 e. The van der Waals surface area contributed by atoms with Crippen LogP contribution in [0.4, 0.5) is 0 Å². The summed E-state index contributed by atoms with van der Waals surface area (Å²) in [5.74, 6) is 1.43. The van der Waals surface area contributed by atoms with Crippen molar-refractivity contribution in [2.75, 3.05) is 7.05 Å². The predicted molar refractivity (Wildman–Crippen MR) is 76.8 cm³/mol. The zero-order valence-corrected chi connectivity index (χ0v) is 12.2. The van der Waals surface area contributed by atoms with Crippen molar-refractivity contribution in [1.29, 1.82) is 0 Å². The van der Waals surface area contributed by atoms with Gasteiger partial charge < -0.3 is 5.32 Å². The fourth-order valence-corrected chi connectivity index (χ4v) is 2.17. The molecule has 0 fully saturated rings. The van der Waals surface area contributed by atoms with Crippen LogP contribution in [0.3, 0.4) is 0 Å². The van der Waals surface area contributed by atoms with Crippen molar-refractivity contribution in [3.63, 3.8) is 0 Å². The molecular weight excluding hydrogens is 222 g/mol. The number of nitrogens with one attached hydrogen (secondary N) is 1. The Bertz CT molecular complexity index is 379. The van der Waals surface area contributed by atoms with E-state index in [0.29, 0.717) is 24.2 Å². The maximum atomic E-state index is 11.6. The number of carbonyl (C=O) groups excluding carboxylic acids is 1. The SMILES string of the molecule is CNC(=O)CC(c1ccc(C(C)C)cc1)C(C)C. The van der Waals surface area contributed by atoms with Crippen LogP contribution in [0.1, 0.15) is 57.1 Å². The summed E-state index contributed by atoms with van der Waals surface area (Å²) in [5, 5.41) is 2.71.